The van der Waals surface area contributed by atoms with Crippen molar-refractivity contribution in [3.63, 3.8) is 0 Å². The van der Waals surface area contributed by atoms with Crippen molar-refractivity contribution in [2.75, 3.05) is 32.2 Å². The van der Waals surface area contributed by atoms with Crippen LogP contribution in [0.1, 0.15) is 22.8 Å². The first-order valence-corrected chi connectivity index (χ1v) is 8.03. The van der Waals surface area contributed by atoms with Gasteiger partial charge in [-0.15, -0.1) is 0 Å². The first kappa shape index (κ1) is 16.3. The predicted molar refractivity (Wildman–Crippen MR) is 90.1 cm³/mol. The van der Waals surface area contributed by atoms with Gasteiger partial charge in [-0.2, -0.15) is 5.10 Å². The van der Waals surface area contributed by atoms with E-state index in [0.717, 1.165) is 24.5 Å². The van der Waals surface area contributed by atoms with E-state index in [1.807, 2.05) is 19.1 Å². The molecule has 0 saturated carbocycles. The number of fused-ring (bicyclic) bond motifs is 1. The molecule has 128 valence electrons. The standard InChI is InChI=1S/C17H22N4O3/c1-3-24-14-6-4-13(5-7-14)8-9-20-11-18-16-15(17(22)23-2)10-19-21(16)12-20/h4-7,10,18H,3,8-9,11-12H2,1-2H3. The summed E-state index contributed by atoms with van der Waals surface area (Å²) < 4.78 is 12.0. The zero-order valence-corrected chi connectivity index (χ0v) is 14.0. The van der Waals surface area contributed by atoms with Crippen LogP contribution in [0.4, 0.5) is 5.82 Å². The molecule has 0 spiro atoms. The third-order valence-electron chi connectivity index (χ3n) is 4.00. The molecule has 1 aromatic heterocycles. The number of aromatic nitrogens is 2. The number of anilines is 1. The maximum atomic E-state index is 11.7. The highest BCUT2D eigenvalue weighted by Crippen LogP contribution is 2.20. The summed E-state index contributed by atoms with van der Waals surface area (Å²) in [5.41, 5.74) is 1.74. The Morgan fingerprint density at radius 2 is 2.12 bits per heavy atom. The van der Waals surface area contributed by atoms with Crippen LogP contribution in [-0.4, -0.2) is 47.6 Å². The van der Waals surface area contributed by atoms with E-state index < -0.39 is 0 Å². The van der Waals surface area contributed by atoms with Crippen LogP contribution in [-0.2, 0) is 17.8 Å². The normalized spacial score (nSPS) is 13.9. The molecule has 2 aromatic rings. The van der Waals surface area contributed by atoms with Crippen LogP contribution < -0.4 is 10.1 Å². The Labute approximate surface area is 141 Å². The van der Waals surface area contributed by atoms with E-state index in [4.69, 9.17) is 9.47 Å². The van der Waals surface area contributed by atoms with E-state index in [-0.39, 0.29) is 5.97 Å². The second-order valence-electron chi connectivity index (χ2n) is 5.60. The molecule has 1 N–H and O–H groups in total. The third-order valence-corrected chi connectivity index (χ3v) is 4.00. The number of carbonyl (C=O) groups is 1. The summed E-state index contributed by atoms with van der Waals surface area (Å²) in [5, 5.41) is 7.50. The van der Waals surface area contributed by atoms with Gasteiger partial charge in [0.25, 0.3) is 0 Å². The lowest BCUT2D eigenvalue weighted by Crippen LogP contribution is -2.38. The highest BCUT2D eigenvalue weighted by atomic mass is 16.5. The molecule has 0 saturated heterocycles. The Morgan fingerprint density at radius 3 is 2.83 bits per heavy atom. The average Bonchev–Trinajstić information content (AvgIpc) is 3.04. The Kier molecular flexibility index (Phi) is 5.00. The zero-order valence-electron chi connectivity index (χ0n) is 14.0. The fraction of sp³-hybridized carbons (Fsp3) is 0.412. The summed E-state index contributed by atoms with van der Waals surface area (Å²) in [7, 11) is 1.37. The van der Waals surface area contributed by atoms with E-state index in [1.165, 1.54) is 12.7 Å². The van der Waals surface area contributed by atoms with E-state index in [1.54, 1.807) is 10.9 Å². The summed E-state index contributed by atoms with van der Waals surface area (Å²) >= 11 is 0. The van der Waals surface area contributed by atoms with Crippen molar-refractivity contribution in [3.05, 3.63) is 41.6 Å². The van der Waals surface area contributed by atoms with Crippen LogP contribution in [0.3, 0.4) is 0 Å². The molecule has 7 heteroatoms. The van der Waals surface area contributed by atoms with Gasteiger partial charge in [0.1, 0.15) is 17.1 Å². The molecule has 1 aliphatic heterocycles. The quantitative estimate of drug-likeness (QED) is 0.817. The summed E-state index contributed by atoms with van der Waals surface area (Å²) in [6, 6.07) is 8.19. The largest absolute Gasteiger partial charge is 0.494 e. The van der Waals surface area contributed by atoms with Crippen molar-refractivity contribution in [3.8, 4) is 5.75 Å². The molecule has 0 unspecified atom stereocenters. The van der Waals surface area contributed by atoms with E-state index >= 15 is 0 Å². The lowest BCUT2D eigenvalue weighted by atomic mass is 10.1. The van der Waals surface area contributed by atoms with Gasteiger partial charge in [0.15, 0.2) is 0 Å². The smallest absolute Gasteiger partial charge is 0.343 e. The molecule has 7 nitrogen and oxygen atoms in total. The molecule has 24 heavy (non-hydrogen) atoms. The summed E-state index contributed by atoms with van der Waals surface area (Å²) in [5.74, 6) is 1.25. The van der Waals surface area contributed by atoms with Crippen molar-refractivity contribution in [2.45, 2.75) is 20.0 Å². The second-order valence-corrected chi connectivity index (χ2v) is 5.60. The summed E-state index contributed by atoms with van der Waals surface area (Å²) in [6.45, 7) is 4.88. The number of hydrogen-bond acceptors (Lipinski definition) is 6. The van der Waals surface area contributed by atoms with Crippen molar-refractivity contribution >= 4 is 11.8 Å². The Hall–Kier alpha value is -2.54. The molecule has 0 fully saturated rings. The molecule has 0 atom stereocenters. The van der Waals surface area contributed by atoms with Crippen LogP contribution in [0.25, 0.3) is 0 Å². The molecular formula is C17H22N4O3. The van der Waals surface area contributed by atoms with Gasteiger partial charge in [-0.3, -0.25) is 4.90 Å². The number of esters is 1. The summed E-state index contributed by atoms with van der Waals surface area (Å²) in [6.07, 6.45) is 2.48. The Morgan fingerprint density at radius 1 is 1.33 bits per heavy atom. The first-order valence-electron chi connectivity index (χ1n) is 8.03. The monoisotopic (exact) mass is 330 g/mol. The molecule has 0 bridgehead atoms. The molecule has 0 radical (unpaired) electrons. The minimum Gasteiger partial charge on any atom is -0.494 e. The minimum absolute atomic E-state index is 0.369. The molecule has 3 rings (SSSR count). The van der Waals surface area contributed by atoms with E-state index in [9.17, 15) is 4.79 Å². The van der Waals surface area contributed by atoms with Gasteiger partial charge in [-0.25, -0.2) is 9.48 Å². The number of hydrogen-bond donors (Lipinski definition) is 1. The van der Waals surface area contributed by atoms with Crippen LogP contribution in [0, 0.1) is 0 Å². The number of ether oxygens (including phenoxy) is 2. The fourth-order valence-electron chi connectivity index (χ4n) is 2.72. The van der Waals surface area contributed by atoms with Gasteiger partial charge in [-0.1, -0.05) is 12.1 Å². The van der Waals surface area contributed by atoms with Gasteiger partial charge in [0, 0.05) is 6.54 Å². The van der Waals surface area contributed by atoms with Crippen LogP contribution in [0.5, 0.6) is 5.75 Å². The van der Waals surface area contributed by atoms with Crippen LogP contribution in [0.15, 0.2) is 30.5 Å². The lowest BCUT2D eigenvalue weighted by molar-refractivity contribution is 0.0601. The SMILES string of the molecule is CCOc1ccc(CCN2CNc3c(C(=O)OC)cnn3C2)cc1. The molecular weight excluding hydrogens is 308 g/mol. The first-order chi connectivity index (χ1) is 11.7. The highest BCUT2D eigenvalue weighted by Gasteiger charge is 2.23. The number of rotatable bonds is 6. The zero-order chi connectivity index (χ0) is 16.9. The van der Waals surface area contributed by atoms with Crippen molar-refractivity contribution in [1.29, 1.82) is 0 Å². The van der Waals surface area contributed by atoms with E-state index in [2.05, 4.69) is 27.4 Å². The maximum absolute atomic E-state index is 11.7. The molecule has 0 amide bonds. The second kappa shape index (κ2) is 7.35. The number of nitrogens with one attached hydrogen (secondary N) is 1. The molecule has 1 aliphatic rings. The molecule has 2 heterocycles. The van der Waals surface area contributed by atoms with Gasteiger partial charge >= 0.3 is 5.97 Å². The van der Waals surface area contributed by atoms with E-state index in [0.29, 0.717) is 25.5 Å². The Bertz CT molecular complexity index is 696. The summed E-state index contributed by atoms with van der Waals surface area (Å²) in [4.78, 5) is 13.9. The fourth-order valence-corrected chi connectivity index (χ4v) is 2.72. The average molecular weight is 330 g/mol. The topological polar surface area (TPSA) is 68.6 Å². The van der Waals surface area contributed by atoms with Gasteiger partial charge in [0.05, 0.1) is 33.3 Å². The van der Waals surface area contributed by atoms with Crippen molar-refractivity contribution in [1.82, 2.24) is 14.7 Å². The highest BCUT2D eigenvalue weighted by molar-refractivity contribution is 5.94. The van der Waals surface area contributed by atoms with Crippen LogP contribution >= 0.6 is 0 Å². The molecule has 1 aromatic carbocycles. The number of carbonyl (C=O) groups excluding carboxylic acids is 1. The minimum atomic E-state index is -0.369. The third kappa shape index (κ3) is 3.51. The Balaban J connectivity index is 1.56. The number of nitrogens with zero attached hydrogens (tertiary/aromatic N) is 3. The van der Waals surface area contributed by atoms with Gasteiger partial charge < -0.3 is 14.8 Å². The molecule has 0 aliphatic carbocycles. The predicted octanol–water partition coefficient (Wildman–Crippen LogP) is 1.95. The van der Waals surface area contributed by atoms with Gasteiger partial charge in [-0.05, 0) is 31.0 Å². The van der Waals surface area contributed by atoms with Crippen LogP contribution in [0.2, 0.25) is 0 Å². The van der Waals surface area contributed by atoms with Crippen molar-refractivity contribution in [2.24, 2.45) is 0 Å². The maximum Gasteiger partial charge on any atom is 0.343 e. The number of benzene rings is 1. The van der Waals surface area contributed by atoms with Gasteiger partial charge in [0.2, 0.25) is 0 Å². The lowest BCUT2D eigenvalue weighted by Gasteiger charge is -2.29. The van der Waals surface area contributed by atoms with Crippen molar-refractivity contribution < 1.29 is 14.3 Å². The number of methoxy groups -OCH3 is 1.